The SMILES string of the molecule is COc1ccc(-c2nsc3c(N4CCN(Cc5ccccc5)CC4)ncnc23)cc1. The summed E-state index contributed by atoms with van der Waals surface area (Å²) in [6, 6.07) is 18.6. The van der Waals surface area contributed by atoms with E-state index in [0.29, 0.717) is 0 Å². The fraction of sp³-hybridized carbons (Fsp3) is 0.261. The predicted molar refractivity (Wildman–Crippen MR) is 121 cm³/mol. The average Bonchev–Trinajstić information content (AvgIpc) is 3.25. The van der Waals surface area contributed by atoms with Crippen molar-refractivity contribution < 1.29 is 4.74 Å². The Balaban J connectivity index is 1.35. The molecule has 3 heterocycles. The van der Waals surface area contributed by atoms with E-state index in [2.05, 4.69) is 50.1 Å². The molecule has 0 atom stereocenters. The highest BCUT2D eigenvalue weighted by Gasteiger charge is 2.22. The minimum Gasteiger partial charge on any atom is -0.497 e. The molecule has 152 valence electrons. The Morgan fingerprint density at radius 1 is 0.933 bits per heavy atom. The number of rotatable bonds is 5. The van der Waals surface area contributed by atoms with Crippen LogP contribution >= 0.6 is 11.5 Å². The molecule has 2 aromatic heterocycles. The summed E-state index contributed by atoms with van der Waals surface area (Å²) in [6.07, 6.45) is 1.66. The van der Waals surface area contributed by atoms with E-state index in [4.69, 9.17) is 9.11 Å². The number of benzene rings is 2. The normalized spacial score (nSPS) is 14.9. The van der Waals surface area contributed by atoms with Gasteiger partial charge in [-0.25, -0.2) is 9.97 Å². The van der Waals surface area contributed by atoms with Gasteiger partial charge in [0.05, 0.1) is 7.11 Å². The number of methoxy groups -OCH3 is 1. The van der Waals surface area contributed by atoms with Gasteiger partial charge < -0.3 is 9.64 Å². The minimum atomic E-state index is 0.835. The van der Waals surface area contributed by atoms with Crippen LogP contribution in [0.3, 0.4) is 0 Å². The molecule has 1 aliphatic rings. The first-order valence-corrected chi connectivity index (χ1v) is 10.9. The summed E-state index contributed by atoms with van der Waals surface area (Å²) in [5.74, 6) is 1.83. The van der Waals surface area contributed by atoms with Crippen molar-refractivity contribution in [2.24, 2.45) is 0 Å². The second kappa shape index (κ2) is 8.38. The summed E-state index contributed by atoms with van der Waals surface area (Å²) >= 11 is 1.48. The van der Waals surface area contributed by atoms with Crippen molar-refractivity contribution in [3.05, 3.63) is 66.5 Å². The highest BCUT2D eigenvalue weighted by molar-refractivity contribution is 7.14. The topological polar surface area (TPSA) is 54.4 Å². The molecule has 0 aliphatic carbocycles. The monoisotopic (exact) mass is 417 g/mol. The molecule has 0 unspecified atom stereocenters. The lowest BCUT2D eigenvalue weighted by molar-refractivity contribution is 0.249. The van der Waals surface area contributed by atoms with Crippen molar-refractivity contribution in [2.75, 3.05) is 38.2 Å². The van der Waals surface area contributed by atoms with Crippen molar-refractivity contribution >= 4 is 27.6 Å². The van der Waals surface area contributed by atoms with E-state index >= 15 is 0 Å². The summed E-state index contributed by atoms with van der Waals surface area (Å²) in [7, 11) is 1.67. The zero-order valence-electron chi connectivity index (χ0n) is 16.9. The Morgan fingerprint density at radius 2 is 1.70 bits per heavy atom. The molecular formula is C23H23N5OS. The largest absolute Gasteiger partial charge is 0.497 e. The molecule has 0 saturated carbocycles. The van der Waals surface area contributed by atoms with Gasteiger partial charge in [-0.1, -0.05) is 30.3 Å². The number of fused-ring (bicyclic) bond motifs is 1. The van der Waals surface area contributed by atoms with E-state index < -0.39 is 0 Å². The van der Waals surface area contributed by atoms with Gasteiger partial charge in [-0.15, -0.1) is 0 Å². The Hall–Kier alpha value is -3.03. The Labute approximate surface area is 179 Å². The smallest absolute Gasteiger partial charge is 0.151 e. The highest BCUT2D eigenvalue weighted by Crippen LogP contribution is 2.35. The fourth-order valence-corrected chi connectivity index (χ4v) is 4.75. The first-order valence-electron chi connectivity index (χ1n) is 10.1. The average molecular weight is 418 g/mol. The second-order valence-electron chi connectivity index (χ2n) is 7.38. The molecule has 0 N–H and O–H groups in total. The van der Waals surface area contributed by atoms with Gasteiger partial charge in [-0.05, 0) is 41.4 Å². The molecule has 0 spiro atoms. The molecule has 0 bridgehead atoms. The number of hydrogen-bond acceptors (Lipinski definition) is 7. The van der Waals surface area contributed by atoms with E-state index in [1.807, 2.05) is 24.3 Å². The van der Waals surface area contributed by atoms with Crippen LogP contribution in [0.2, 0.25) is 0 Å². The third-order valence-electron chi connectivity index (χ3n) is 5.52. The molecule has 0 amide bonds. The maximum atomic E-state index is 5.26. The summed E-state index contributed by atoms with van der Waals surface area (Å²) in [5.41, 5.74) is 4.23. The van der Waals surface area contributed by atoms with Crippen molar-refractivity contribution in [3.8, 4) is 17.0 Å². The maximum Gasteiger partial charge on any atom is 0.151 e. The van der Waals surface area contributed by atoms with Crippen LogP contribution in [0.1, 0.15) is 5.56 Å². The molecule has 1 aliphatic heterocycles. The van der Waals surface area contributed by atoms with Gasteiger partial charge in [0, 0.05) is 38.3 Å². The lowest BCUT2D eigenvalue weighted by Crippen LogP contribution is -2.46. The molecule has 6 nitrogen and oxygen atoms in total. The number of ether oxygens (including phenoxy) is 1. The van der Waals surface area contributed by atoms with E-state index in [-0.39, 0.29) is 0 Å². The summed E-state index contributed by atoms with van der Waals surface area (Å²) in [6.45, 7) is 4.94. The van der Waals surface area contributed by atoms with Crippen LogP contribution in [0.25, 0.3) is 21.5 Å². The van der Waals surface area contributed by atoms with Crippen LogP contribution in [0.4, 0.5) is 5.82 Å². The quantitative estimate of drug-likeness (QED) is 0.488. The Bertz CT molecular complexity index is 1120. The standard InChI is InChI=1S/C23H23N5OS/c1-29-19-9-7-18(8-10-19)20-21-22(30-26-20)23(25-16-24-21)28-13-11-27(12-14-28)15-17-5-3-2-4-6-17/h2-10,16H,11-15H2,1H3. The number of aromatic nitrogens is 3. The summed E-state index contributed by atoms with van der Waals surface area (Å²) in [5, 5.41) is 0. The molecule has 7 heteroatoms. The van der Waals surface area contributed by atoms with Crippen LogP contribution in [-0.2, 0) is 6.54 Å². The van der Waals surface area contributed by atoms with Gasteiger partial charge >= 0.3 is 0 Å². The van der Waals surface area contributed by atoms with Gasteiger partial charge in [0.15, 0.2) is 5.82 Å². The van der Waals surface area contributed by atoms with E-state index in [1.165, 1.54) is 17.1 Å². The van der Waals surface area contributed by atoms with Crippen LogP contribution in [-0.4, -0.2) is 52.5 Å². The first-order chi connectivity index (χ1) is 14.8. The van der Waals surface area contributed by atoms with Crippen molar-refractivity contribution in [3.63, 3.8) is 0 Å². The molecule has 1 saturated heterocycles. The van der Waals surface area contributed by atoms with E-state index in [1.54, 1.807) is 13.4 Å². The molecule has 4 aromatic rings. The Morgan fingerprint density at radius 3 is 2.43 bits per heavy atom. The number of nitrogens with zero attached hydrogens (tertiary/aromatic N) is 5. The second-order valence-corrected chi connectivity index (χ2v) is 8.16. The first kappa shape index (κ1) is 19.0. The molecule has 0 radical (unpaired) electrons. The van der Waals surface area contributed by atoms with Crippen LogP contribution in [0.5, 0.6) is 5.75 Å². The zero-order chi connectivity index (χ0) is 20.3. The van der Waals surface area contributed by atoms with Crippen LogP contribution < -0.4 is 9.64 Å². The van der Waals surface area contributed by atoms with Crippen molar-refractivity contribution in [1.82, 2.24) is 19.2 Å². The number of piperazine rings is 1. The van der Waals surface area contributed by atoms with Crippen LogP contribution in [0.15, 0.2) is 60.9 Å². The van der Waals surface area contributed by atoms with E-state index in [0.717, 1.165) is 65.8 Å². The molecule has 30 heavy (non-hydrogen) atoms. The third kappa shape index (κ3) is 3.74. The maximum absolute atomic E-state index is 5.26. The Kier molecular flexibility index (Phi) is 5.29. The van der Waals surface area contributed by atoms with Crippen LogP contribution in [0, 0.1) is 0 Å². The zero-order valence-corrected chi connectivity index (χ0v) is 17.7. The molecular weight excluding hydrogens is 394 g/mol. The van der Waals surface area contributed by atoms with Gasteiger partial charge in [0.25, 0.3) is 0 Å². The molecule has 5 rings (SSSR count). The number of anilines is 1. The lowest BCUT2D eigenvalue weighted by Gasteiger charge is -2.35. The van der Waals surface area contributed by atoms with Gasteiger partial charge in [-0.3, -0.25) is 4.90 Å². The van der Waals surface area contributed by atoms with Gasteiger partial charge in [-0.2, -0.15) is 4.37 Å². The minimum absolute atomic E-state index is 0.835. The molecule has 2 aromatic carbocycles. The molecule has 1 fully saturated rings. The number of hydrogen-bond donors (Lipinski definition) is 0. The van der Waals surface area contributed by atoms with Crippen molar-refractivity contribution in [1.29, 1.82) is 0 Å². The van der Waals surface area contributed by atoms with Gasteiger partial charge in [0.1, 0.15) is 28.0 Å². The van der Waals surface area contributed by atoms with E-state index in [9.17, 15) is 0 Å². The highest BCUT2D eigenvalue weighted by atomic mass is 32.1. The fourth-order valence-electron chi connectivity index (χ4n) is 3.87. The van der Waals surface area contributed by atoms with Crippen molar-refractivity contribution in [2.45, 2.75) is 6.54 Å². The summed E-state index contributed by atoms with van der Waals surface area (Å²) < 4.78 is 11.0. The lowest BCUT2D eigenvalue weighted by atomic mass is 10.1. The van der Waals surface area contributed by atoms with Gasteiger partial charge in [0.2, 0.25) is 0 Å². The third-order valence-corrected chi connectivity index (χ3v) is 6.35. The summed E-state index contributed by atoms with van der Waals surface area (Å²) in [4.78, 5) is 14.0. The predicted octanol–water partition coefficient (Wildman–Crippen LogP) is 4.08.